The van der Waals surface area contributed by atoms with E-state index in [0.717, 1.165) is 29.2 Å². The highest BCUT2D eigenvalue weighted by molar-refractivity contribution is 6.46. The smallest absolute Gasteiger partial charge is 0.295 e. The predicted molar refractivity (Wildman–Crippen MR) is 116 cm³/mol. The molecular formula is C25H22N2O4. The Morgan fingerprint density at radius 2 is 1.84 bits per heavy atom. The molecule has 3 heterocycles. The van der Waals surface area contributed by atoms with Gasteiger partial charge < -0.3 is 14.7 Å². The third-order valence-electron chi connectivity index (χ3n) is 6.04. The van der Waals surface area contributed by atoms with Crippen molar-refractivity contribution >= 4 is 28.2 Å². The zero-order valence-electron chi connectivity index (χ0n) is 16.9. The van der Waals surface area contributed by atoms with Gasteiger partial charge in [0.1, 0.15) is 5.76 Å². The lowest BCUT2D eigenvalue weighted by Gasteiger charge is -2.28. The van der Waals surface area contributed by atoms with Crippen LogP contribution in [-0.4, -0.2) is 45.9 Å². The van der Waals surface area contributed by atoms with Gasteiger partial charge >= 0.3 is 0 Å². The van der Waals surface area contributed by atoms with Gasteiger partial charge in [-0.3, -0.25) is 14.6 Å². The summed E-state index contributed by atoms with van der Waals surface area (Å²) in [5.41, 5.74) is 1.37. The molecule has 2 aliphatic heterocycles. The minimum absolute atomic E-state index is 0.102. The highest BCUT2D eigenvalue weighted by atomic mass is 16.5. The molecule has 2 unspecified atom stereocenters. The predicted octanol–water partition coefficient (Wildman–Crippen LogP) is 3.84. The first-order valence-corrected chi connectivity index (χ1v) is 10.4. The molecule has 0 bridgehead atoms. The number of Topliss-reactive ketones (excluding diaryl/α,β-unsaturated/α-hetero) is 1. The number of likely N-dealkylation sites (tertiary alicyclic amines) is 1. The molecule has 2 aliphatic rings. The van der Waals surface area contributed by atoms with E-state index < -0.39 is 17.7 Å². The first-order chi connectivity index (χ1) is 15.1. The molecule has 2 atom stereocenters. The quantitative estimate of drug-likeness (QED) is 0.399. The highest BCUT2D eigenvalue weighted by Gasteiger charge is 2.47. The summed E-state index contributed by atoms with van der Waals surface area (Å²) in [6.45, 7) is 0.968. The fourth-order valence-corrected chi connectivity index (χ4v) is 4.55. The number of amides is 1. The van der Waals surface area contributed by atoms with Crippen molar-refractivity contribution in [1.29, 1.82) is 0 Å². The van der Waals surface area contributed by atoms with Gasteiger partial charge in [0.2, 0.25) is 0 Å². The number of carbonyl (C=O) groups is 2. The van der Waals surface area contributed by atoms with Crippen LogP contribution in [0.2, 0.25) is 0 Å². The zero-order chi connectivity index (χ0) is 21.4. The Labute approximate surface area is 179 Å². The molecule has 0 aliphatic carbocycles. The van der Waals surface area contributed by atoms with E-state index >= 15 is 0 Å². The first-order valence-electron chi connectivity index (χ1n) is 10.4. The van der Waals surface area contributed by atoms with Crippen LogP contribution in [-0.2, 0) is 14.3 Å². The highest BCUT2D eigenvalue weighted by Crippen LogP contribution is 2.42. The molecule has 31 heavy (non-hydrogen) atoms. The maximum atomic E-state index is 13.2. The number of pyridine rings is 1. The van der Waals surface area contributed by atoms with Crippen LogP contribution in [0.1, 0.15) is 30.0 Å². The average Bonchev–Trinajstić information content (AvgIpc) is 3.41. The van der Waals surface area contributed by atoms with Crippen LogP contribution in [0.25, 0.3) is 16.5 Å². The van der Waals surface area contributed by atoms with Gasteiger partial charge in [-0.1, -0.05) is 42.5 Å². The van der Waals surface area contributed by atoms with Crippen molar-refractivity contribution in [3.05, 3.63) is 83.7 Å². The van der Waals surface area contributed by atoms with Crippen molar-refractivity contribution in [3.8, 4) is 0 Å². The molecule has 2 fully saturated rings. The normalized spacial score (nSPS) is 23.0. The molecule has 6 heteroatoms. The Hall–Kier alpha value is -3.51. The largest absolute Gasteiger partial charge is 0.507 e. The van der Waals surface area contributed by atoms with E-state index in [1.807, 2.05) is 42.5 Å². The third kappa shape index (κ3) is 3.39. The molecule has 5 rings (SSSR count). The van der Waals surface area contributed by atoms with E-state index in [1.54, 1.807) is 29.4 Å². The van der Waals surface area contributed by atoms with Gasteiger partial charge in [0.25, 0.3) is 11.7 Å². The number of hydrogen-bond donors (Lipinski definition) is 1. The summed E-state index contributed by atoms with van der Waals surface area (Å²) in [5, 5.41) is 13.1. The van der Waals surface area contributed by atoms with E-state index in [-0.39, 0.29) is 17.4 Å². The molecule has 6 nitrogen and oxygen atoms in total. The van der Waals surface area contributed by atoms with Crippen LogP contribution in [0.3, 0.4) is 0 Å². The van der Waals surface area contributed by atoms with E-state index in [1.165, 1.54) is 0 Å². The van der Waals surface area contributed by atoms with Gasteiger partial charge in [0.05, 0.1) is 17.7 Å². The number of hydrogen-bond acceptors (Lipinski definition) is 5. The third-order valence-corrected chi connectivity index (χ3v) is 6.04. The van der Waals surface area contributed by atoms with Crippen molar-refractivity contribution in [2.75, 3.05) is 13.2 Å². The number of ether oxygens (including phenoxy) is 1. The summed E-state index contributed by atoms with van der Waals surface area (Å²) >= 11 is 0. The summed E-state index contributed by atoms with van der Waals surface area (Å²) in [6, 6.07) is 16.2. The van der Waals surface area contributed by atoms with E-state index in [4.69, 9.17) is 4.74 Å². The van der Waals surface area contributed by atoms with E-state index in [9.17, 15) is 14.7 Å². The molecule has 0 saturated carbocycles. The Balaban J connectivity index is 1.71. The monoisotopic (exact) mass is 414 g/mol. The topological polar surface area (TPSA) is 79.7 Å². The van der Waals surface area contributed by atoms with Gasteiger partial charge in [-0.25, -0.2) is 0 Å². The zero-order valence-corrected chi connectivity index (χ0v) is 16.9. The molecule has 2 saturated heterocycles. The van der Waals surface area contributed by atoms with Crippen molar-refractivity contribution in [1.82, 2.24) is 9.88 Å². The lowest BCUT2D eigenvalue weighted by Crippen LogP contribution is -2.36. The molecular weight excluding hydrogens is 392 g/mol. The molecule has 0 radical (unpaired) electrons. The number of ketones is 1. The molecule has 1 aromatic heterocycles. The summed E-state index contributed by atoms with van der Waals surface area (Å²) in [4.78, 5) is 31.8. The summed E-state index contributed by atoms with van der Waals surface area (Å²) in [6.07, 6.45) is 4.76. The van der Waals surface area contributed by atoms with Crippen LogP contribution < -0.4 is 0 Å². The number of fused-ring (bicyclic) bond motifs is 1. The Morgan fingerprint density at radius 3 is 2.61 bits per heavy atom. The summed E-state index contributed by atoms with van der Waals surface area (Å²) < 4.78 is 5.76. The van der Waals surface area contributed by atoms with Gasteiger partial charge in [-0.05, 0) is 41.3 Å². The van der Waals surface area contributed by atoms with Gasteiger partial charge in [0.15, 0.2) is 0 Å². The van der Waals surface area contributed by atoms with Crippen LogP contribution in [0.4, 0.5) is 0 Å². The minimum Gasteiger partial charge on any atom is -0.507 e. The summed E-state index contributed by atoms with van der Waals surface area (Å²) in [7, 11) is 0. The van der Waals surface area contributed by atoms with E-state index in [0.29, 0.717) is 18.7 Å². The number of carbonyl (C=O) groups excluding carboxylic acids is 2. The molecule has 156 valence electrons. The number of aliphatic hydroxyl groups is 1. The maximum Gasteiger partial charge on any atom is 0.295 e. The van der Waals surface area contributed by atoms with Crippen LogP contribution in [0, 0.1) is 0 Å². The fraction of sp³-hybridized carbons (Fsp3) is 0.240. The number of rotatable bonds is 4. The number of aliphatic hydroxyl groups excluding tert-OH is 1. The van der Waals surface area contributed by atoms with Gasteiger partial charge in [0, 0.05) is 31.1 Å². The number of nitrogens with zero attached hydrogens (tertiary/aromatic N) is 2. The molecule has 0 spiro atoms. The Kier molecular flexibility index (Phi) is 5.00. The maximum absolute atomic E-state index is 13.2. The fourth-order valence-electron chi connectivity index (χ4n) is 4.55. The summed E-state index contributed by atoms with van der Waals surface area (Å²) in [5.74, 6) is -1.47. The second-order valence-corrected chi connectivity index (χ2v) is 7.89. The Bertz CT molecular complexity index is 1180. The van der Waals surface area contributed by atoms with Crippen molar-refractivity contribution in [2.45, 2.75) is 25.0 Å². The SMILES string of the molecule is O=C1C(=O)N(CC2CCCO2)C(c2cccc3ccccc23)/C1=C(/O)c1ccncc1. The van der Waals surface area contributed by atoms with E-state index in [2.05, 4.69) is 4.98 Å². The Morgan fingerprint density at radius 1 is 1.06 bits per heavy atom. The van der Waals surface area contributed by atoms with Crippen LogP contribution in [0.15, 0.2) is 72.6 Å². The molecule has 2 aromatic carbocycles. The van der Waals surface area contributed by atoms with Crippen molar-refractivity contribution in [2.24, 2.45) is 0 Å². The average molecular weight is 414 g/mol. The minimum atomic E-state index is -0.691. The number of benzene rings is 2. The van der Waals surface area contributed by atoms with Crippen LogP contribution >= 0.6 is 0 Å². The first kappa shape index (κ1) is 19.5. The second-order valence-electron chi connectivity index (χ2n) is 7.89. The van der Waals surface area contributed by atoms with Gasteiger partial charge in [-0.15, -0.1) is 0 Å². The second kappa shape index (κ2) is 7.96. The lowest BCUT2D eigenvalue weighted by molar-refractivity contribution is -0.140. The van der Waals surface area contributed by atoms with Crippen molar-refractivity contribution in [3.63, 3.8) is 0 Å². The van der Waals surface area contributed by atoms with Crippen LogP contribution in [0.5, 0.6) is 0 Å². The number of aromatic nitrogens is 1. The lowest BCUT2D eigenvalue weighted by atomic mass is 9.91. The molecule has 1 amide bonds. The van der Waals surface area contributed by atoms with Crippen molar-refractivity contribution < 1.29 is 19.4 Å². The molecule has 1 N–H and O–H groups in total. The molecule has 3 aromatic rings. The van der Waals surface area contributed by atoms with Gasteiger partial charge in [-0.2, -0.15) is 0 Å². The standard InChI is InChI=1S/C25H22N2O4/c28-23(17-10-12-26-13-11-17)21-22(20-9-3-6-16-5-1-2-8-19(16)20)27(25(30)24(21)29)15-18-7-4-14-31-18/h1-3,5-6,8-13,18,22,28H,4,7,14-15H2/b23-21-.